The second-order valence-electron chi connectivity index (χ2n) is 29.9. The molecule has 0 spiro atoms. The highest BCUT2D eigenvalue weighted by Crippen LogP contribution is 2.72. The average molecular weight is 1850 g/mol. The summed E-state index contributed by atoms with van der Waals surface area (Å²) in [5, 5.41) is 61.4. The fourth-order valence-electron chi connectivity index (χ4n) is 19.6. The van der Waals surface area contributed by atoms with Crippen LogP contribution in [0.5, 0.6) is 23.0 Å². The Morgan fingerprint density at radius 3 is 0.860 bits per heavy atom. The van der Waals surface area contributed by atoms with E-state index in [9.17, 15) is 25.5 Å². The fraction of sp³-hybridized carbons (Fsp3) is 0.231. The van der Waals surface area contributed by atoms with E-state index in [1.54, 1.807) is 30.5 Å². The minimum atomic E-state index is -1.69. The highest BCUT2D eigenvalue weighted by molar-refractivity contribution is 9.11. The van der Waals surface area contributed by atoms with Crippen LogP contribution in [0.1, 0.15) is 124 Å². The lowest BCUT2D eigenvalue weighted by Crippen LogP contribution is -2.52. The molecule has 23 heteroatoms. The van der Waals surface area contributed by atoms with Crippen LogP contribution < -0.4 is 18.9 Å². The molecule has 4 aromatic heterocycles. The normalized spacial score (nSPS) is 30.1. The van der Waals surface area contributed by atoms with Crippen LogP contribution in [-0.4, -0.2) is 63.7 Å². The molecule has 5 N–H and O–H groups in total. The van der Waals surface area contributed by atoms with Crippen LogP contribution in [0, 0.1) is 19.1 Å². The number of aliphatic hydroxyl groups is 5. The molecule has 20 rings (SSSR count). The van der Waals surface area contributed by atoms with Gasteiger partial charge in [0.2, 0.25) is 11.2 Å². The summed E-state index contributed by atoms with van der Waals surface area (Å²) in [6.07, 6.45) is 7.07. The summed E-state index contributed by atoms with van der Waals surface area (Å²) >= 11 is 38.6. The van der Waals surface area contributed by atoms with Gasteiger partial charge in [-0.2, -0.15) is 0 Å². The van der Waals surface area contributed by atoms with Gasteiger partial charge in [-0.15, -0.1) is 0 Å². The van der Waals surface area contributed by atoms with Crippen molar-refractivity contribution in [3.05, 3.63) is 396 Å². The van der Waals surface area contributed by atoms with E-state index in [4.69, 9.17) is 78.5 Å². The number of rotatable bonds is 8. The highest BCUT2D eigenvalue weighted by atomic mass is 79.9. The molecular formula is C91H68Br4Cl4N6O9. The van der Waals surface area contributed by atoms with Crippen LogP contribution in [0.3, 0.4) is 0 Å². The van der Waals surface area contributed by atoms with E-state index in [2.05, 4.69) is 112 Å². The molecule has 0 radical (unpaired) electrons. The van der Waals surface area contributed by atoms with E-state index in [1.807, 2.05) is 206 Å². The van der Waals surface area contributed by atoms with Gasteiger partial charge in [-0.25, -0.2) is 13.1 Å². The summed E-state index contributed by atoms with van der Waals surface area (Å²) in [4.78, 5) is 25.4. The molecule has 114 heavy (non-hydrogen) atoms. The summed E-state index contributed by atoms with van der Waals surface area (Å²) < 4.78 is 30.0. The van der Waals surface area contributed by atoms with E-state index < -0.39 is 63.0 Å². The molecule has 0 unspecified atom stereocenters. The largest absolute Gasteiger partial charge is 0.476 e. The molecule has 0 amide bonds. The van der Waals surface area contributed by atoms with Gasteiger partial charge in [-0.3, -0.25) is 19.9 Å². The van der Waals surface area contributed by atoms with Gasteiger partial charge in [0, 0.05) is 103 Å². The van der Waals surface area contributed by atoms with Gasteiger partial charge < -0.3 is 54.2 Å². The van der Waals surface area contributed by atoms with Crippen molar-refractivity contribution in [1.29, 1.82) is 0 Å². The van der Waals surface area contributed by atoms with Crippen LogP contribution in [-0.2, 0) is 44.8 Å². The molecule has 8 aromatic carbocycles. The van der Waals surface area contributed by atoms with E-state index in [0.29, 0.717) is 85.1 Å². The van der Waals surface area contributed by atoms with Crippen molar-refractivity contribution >= 4 is 110 Å². The number of fused-ring (bicyclic) bond motifs is 12. The summed E-state index contributed by atoms with van der Waals surface area (Å²) in [7, 11) is 0. The van der Waals surface area contributed by atoms with E-state index in [0.717, 1.165) is 68.8 Å². The Hall–Kier alpha value is -8.58. The molecule has 8 aliphatic rings. The van der Waals surface area contributed by atoms with Crippen molar-refractivity contribution in [2.45, 2.75) is 119 Å². The zero-order valence-electron chi connectivity index (χ0n) is 60.4. The van der Waals surface area contributed by atoms with Gasteiger partial charge in [0.25, 0.3) is 12.1 Å². The minimum absolute atomic E-state index is 0.0251. The summed E-state index contributed by atoms with van der Waals surface area (Å²) in [6, 6.07) is 76.4. The molecule has 0 bridgehead atoms. The second kappa shape index (κ2) is 29.9. The molecule has 4 aliphatic carbocycles. The van der Waals surface area contributed by atoms with Gasteiger partial charge >= 0.3 is 0 Å². The average Bonchev–Trinajstić information content (AvgIpc) is 1.53. The van der Waals surface area contributed by atoms with E-state index in [-0.39, 0.29) is 29.6 Å². The first kappa shape index (κ1) is 78.0. The van der Waals surface area contributed by atoms with Crippen molar-refractivity contribution in [2.24, 2.45) is 5.92 Å². The molecular weight excluding hydrogens is 1780 g/mol. The Labute approximate surface area is 712 Å². The van der Waals surface area contributed by atoms with Crippen molar-refractivity contribution in [2.75, 3.05) is 0 Å². The van der Waals surface area contributed by atoms with Crippen LogP contribution in [0.15, 0.2) is 285 Å². The second-order valence-corrected chi connectivity index (χ2v) is 35.4. The number of aromatic nitrogens is 4. The lowest BCUT2D eigenvalue weighted by atomic mass is 9.71. The third-order valence-electron chi connectivity index (χ3n) is 24.4. The number of halogens is 8. The lowest BCUT2D eigenvalue weighted by Gasteiger charge is -2.40. The number of aliphatic hydroxyl groups excluding tert-OH is 1. The van der Waals surface area contributed by atoms with Crippen LogP contribution in [0.25, 0.3) is 9.69 Å². The molecule has 4 saturated carbocycles. The fourth-order valence-corrected chi connectivity index (χ4v) is 21.3. The van der Waals surface area contributed by atoms with Crippen LogP contribution in [0.2, 0.25) is 20.1 Å². The Morgan fingerprint density at radius 1 is 0.342 bits per heavy atom. The number of ether oxygens (including phenoxy) is 4. The molecule has 4 fully saturated rings. The van der Waals surface area contributed by atoms with Crippen molar-refractivity contribution in [3.8, 4) is 23.0 Å². The highest BCUT2D eigenvalue weighted by Gasteiger charge is 2.80. The predicted octanol–water partition coefficient (Wildman–Crippen LogP) is 21.2. The summed E-state index contributed by atoms with van der Waals surface area (Å²) in [5.41, 5.74) is -1.53. The van der Waals surface area contributed by atoms with Crippen molar-refractivity contribution in [3.63, 3.8) is 0 Å². The van der Waals surface area contributed by atoms with E-state index >= 15 is 0 Å². The SMILES string of the molecule is C[C@@H]1C[C@@H](c2ccccc2)[C@]2(c3ccc(Br)cc3)Oc3cc(Cl)cnc3[C@]12O.O[C@@H]1C[C@@H](c2ccccc2)[C@]2(c3ccc(Br)cc3)Oc3cc(Cl)cnc3[C@]12O.[C-]#[N+][C@@H]1C[C@@H](c2ccccc2)[C@]2(c3ccc(Br)cc3)Oc3cc(Cl)cnc3[C@]12O.[C-]#[N+][C@@H]1C[C@@H](c2ccccc2)[C@]2(c3ccc(Br)cc3)Oc3cc(Cl)cnc3[C@]12O. The first-order valence-electron chi connectivity index (χ1n) is 36.9. The molecule has 4 aliphatic heterocycles. The number of hydrogen-bond acceptors (Lipinski definition) is 13. The number of hydrogen-bond donors (Lipinski definition) is 5. The molecule has 12 aromatic rings. The number of pyridine rings is 4. The monoisotopic (exact) mass is 1840 g/mol. The maximum atomic E-state index is 12.2. The van der Waals surface area contributed by atoms with Crippen molar-refractivity contribution in [1.82, 2.24) is 19.9 Å². The van der Waals surface area contributed by atoms with Gasteiger partial charge in [0.1, 0.15) is 45.8 Å². The summed E-state index contributed by atoms with van der Waals surface area (Å²) in [6.45, 7) is 17.8. The van der Waals surface area contributed by atoms with Crippen molar-refractivity contribution < 1.29 is 44.5 Å². The van der Waals surface area contributed by atoms with Gasteiger partial charge in [0.05, 0.1) is 26.2 Å². The van der Waals surface area contributed by atoms with Crippen LogP contribution >= 0.6 is 110 Å². The third kappa shape index (κ3) is 11.8. The first-order valence-corrected chi connectivity index (χ1v) is 41.6. The topological polar surface area (TPSA) is 198 Å². The lowest BCUT2D eigenvalue weighted by molar-refractivity contribution is -0.151. The Bertz CT molecular complexity index is 5410. The predicted molar refractivity (Wildman–Crippen MR) is 450 cm³/mol. The Morgan fingerprint density at radius 2 is 0.579 bits per heavy atom. The van der Waals surface area contributed by atoms with Crippen LogP contribution in [0.4, 0.5) is 0 Å². The molecule has 572 valence electrons. The number of nitrogens with zero attached hydrogens (tertiary/aromatic N) is 6. The minimum Gasteiger partial charge on any atom is -0.476 e. The maximum absolute atomic E-state index is 12.2. The standard InChI is InChI=1S/2C23H16BrClN2O2.C23H19BrClNO2.C22H17BrClNO3/c2*1-26-20-12-18(14-5-3-2-4-6-14)23(15-7-9-16(24)10-8-15)22(20,28)21-19(29-23)11-17(25)13-27-21;1-14-11-19(15-5-3-2-4-6-15)23(16-7-9-17(24)10-8-16)22(14,27)21-20(28-23)12-18(25)13-26-21;23-15-8-6-14(7-9-15)22-17(13-4-2-1-3-5-13)11-19(26)21(22,27)20-18(28-22)10-16(24)12-25-20/h2*2-11,13,18,20,28H,12H2;2-10,12-14,19,27H,11H2,1H3;1-10,12,17,19,26-27H,11H2/t2*18-,20+,22+,23-;14-,19+,22-,23+;17-,19+,21+,22-/m0010/s1. The van der Waals surface area contributed by atoms with E-state index in [1.165, 1.54) is 18.6 Å². The summed E-state index contributed by atoms with van der Waals surface area (Å²) in [5.74, 6) is 1.00. The molecule has 8 heterocycles. The zero-order chi connectivity index (χ0) is 79.5. The molecule has 15 nitrogen and oxygen atoms in total. The van der Waals surface area contributed by atoms with Gasteiger partial charge in [-0.05, 0) is 112 Å². The first-order chi connectivity index (χ1) is 54.9. The van der Waals surface area contributed by atoms with Gasteiger partial charge in [-0.1, -0.05) is 287 Å². The third-order valence-corrected chi connectivity index (χ3v) is 27.3. The zero-order valence-corrected chi connectivity index (χ0v) is 69.8. The number of benzene rings is 8. The molecule has 16 atom stereocenters. The Kier molecular flexibility index (Phi) is 20.4. The smallest absolute Gasteiger partial charge is 0.262 e. The maximum Gasteiger partial charge on any atom is 0.262 e. The van der Waals surface area contributed by atoms with Gasteiger partial charge in [0.15, 0.2) is 33.6 Å². The quantitative estimate of drug-likeness (QED) is 0.0902. The Balaban J connectivity index is 0.000000110. The molecule has 0 saturated heterocycles.